The van der Waals surface area contributed by atoms with Gasteiger partial charge in [-0.05, 0) is 57.7 Å². The molecular weight excluding hydrogens is 330 g/mol. The van der Waals surface area contributed by atoms with Crippen molar-refractivity contribution in [3.63, 3.8) is 0 Å². The molecule has 0 aromatic heterocycles. The molecule has 0 aliphatic carbocycles. The van der Waals surface area contributed by atoms with Crippen LogP contribution in [0.25, 0.3) is 0 Å². The van der Waals surface area contributed by atoms with Crippen LogP contribution in [0.5, 0.6) is 0 Å². The van der Waals surface area contributed by atoms with Crippen LogP contribution in [0.2, 0.25) is 5.02 Å². The zero-order valence-corrected chi connectivity index (χ0v) is 15.3. The molecule has 6 heteroatoms. The van der Waals surface area contributed by atoms with Gasteiger partial charge in [0.15, 0.2) is 0 Å². The molecule has 1 aromatic carbocycles. The van der Waals surface area contributed by atoms with Crippen LogP contribution in [-0.2, 0) is 20.7 Å². The van der Waals surface area contributed by atoms with Gasteiger partial charge in [-0.1, -0.05) is 23.7 Å². The Morgan fingerprint density at radius 2 is 1.79 bits per heavy atom. The Kier molecular flexibility index (Phi) is 8.61. The number of benzene rings is 1. The summed E-state index contributed by atoms with van der Waals surface area (Å²) >= 11 is 5.82. The molecule has 0 atom stereocenters. The Morgan fingerprint density at radius 3 is 2.42 bits per heavy atom. The van der Waals surface area contributed by atoms with Gasteiger partial charge < -0.3 is 14.8 Å². The molecule has 0 bridgehead atoms. The lowest BCUT2D eigenvalue weighted by atomic mass is 10.1. The minimum Gasteiger partial charge on any atom is -0.466 e. The lowest BCUT2D eigenvalue weighted by Crippen LogP contribution is -2.33. The SMILES string of the molecule is CC(C)(C)OC(=O)NCCCOC(=O)CCCc1ccc(Cl)cc1. The van der Waals surface area contributed by atoms with E-state index in [1.54, 1.807) is 20.8 Å². The van der Waals surface area contributed by atoms with Gasteiger partial charge in [-0.15, -0.1) is 0 Å². The molecule has 0 heterocycles. The van der Waals surface area contributed by atoms with Crippen molar-refractivity contribution >= 4 is 23.7 Å². The molecule has 0 unspecified atom stereocenters. The van der Waals surface area contributed by atoms with E-state index in [9.17, 15) is 9.59 Å². The second-order valence-electron chi connectivity index (χ2n) is 6.48. The first-order valence-electron chi connectivity index (χ1n) is 8.13. The molecule has 0 fully saturated rings. The number of alkyl carbamates (subject to hydrolysis) is 1. The molecule has 0 aliphatic rings. The Labute approximate surface area is 148 Å². The standard InChI is InChI=1S/C18H26ClNO4/c1-18(2,3)24-17(22)20-12-5-13-23-16(21)7-4-6-14-8-10-15(19)11-9-14/h8-11H,4-7,12-13H2,1-3H3,(H,20,22). The van der Waals surface area contributed by atoms with Crippen LogP contribution in [-0.4, -0.2) is 30.8 Å². The van der Waals surface area contributed by atoms with E-state index in [4.69, 9.17) is 21.1 Å². The third kappa shape index (κ3) is 10.1. The Hall–Kier alpha value is -1.75. The van der Waals surface area contributed by atoms with Crippen molar-refractivity contribution in [3.8, 4) is 0 Å². The van der Waals surface area contributed by atoms with Crippen molar-refractivity contribution < 1.29 is 19.1 Å². The van der Waals surface area contributed by atoms with E-state index in [1.165, 1.54) is 0 Å². The van der Waals surface area contributed by atoms with Crippen LogP contribution in [0, 0.1) is 0 Å². The molecule has 0 saturated carbocycles. The molecule has 5 nitrogen and oxygen atoms in total. The summed E-state index contributed by atoms with van der Waals surface area (Å²) < 4.78 is 10.2. The van der Waals surface area contributed by atoms with Gasteiger partial charge in [0.2, 0.25) is 0 Å². The second-order valence-corrected chi connectivity index (χ2v) is 6.92. The van der Waals surface area contributed by atoms with Crippen LogP contribution in [0.1, 0.15) is 45.6 Å². The lowest BCUT2D eigenvalue weighted by Gasteiger charge is -2.19. The monoisotopic (exact) mass is 355 g/mol. The number of nitrogens with one attached hydrogen (secondary N) is 1. The fourth-order valence-electron chi connectivity index (χ4n) is 1.92. The van der Waals surface area contributed by atoms with Gasteiger partial charge in [0.05, 0.1) is 6.61 Å². The Balaban J connectivity index is 2.04. The number of amides is 1. The van der Waals surface area contributed by atoms with Crippen molar-refractivity contribution in [2.75, 3.05) is 13.2 Å². The summed E-state index contributed by atoms with van der Waals surface area (Å²) in [5.74, 6) is -0.221. The molecule has 1 N–H and O–H groups in total. The highest BCUT2D eigenvalue weighted by Crippen LogP contribution is 2.12. The van der Waals surface area contributed by atoms with E-state index in [2.05, 4.69) is 5.32 Å². The van der Waals surface area contributed by atoms with E-state index < -0.39 is 11.7 Å². The van der Waals surface area contributed by atoms with Gasteiger partial charge in [0, 0.05) is 18.0 Å². The molecule has 0 radical (unpaired) electrons. The second kappa shape index (κ2) is 10.2. The fraction of sp³-hybridized carbons (Fsp3) is 0.556. The molecule has 1 amide bonds. The minimum atomic E-state index is -0.513. The number of ether oxygens (including phenoxy) is 2. The molecule has 1 rings (SSSR count). The maximum absolute atomic E-state index is 11.6. The maximum Gasteiger partial charge on any atom is 0.407 e. The first kappa shape index (κ1) is 20.3. The van der Waals surface area contributed by atoms with E-state index in [-0.39, 0.29) is 12.6 Å². The van der Waals surface area contributed by atoms with Crippen LogP contribution in [0.3, 0.4) is 0 Å². The van der Waals surface area contributed by atoms with Crippen LogP contribution in [0.4, 0.5) is 4.79 Å². The quantitative estimate of drug-likeness (QED) is 0.562. The molecule has 0 saturated heterocycles. The predicted octanol–water partition coefficient (Wildman–Crippen LogP) is 4.12. The smallest absolute Gasteiger partial charge is 0.407 e. The number of esters is 1. The van der Waals surface area contributed by atoms with Crippen molar-refractivity contribution in [1.82, 2.24) is 5.32 Å². The van der Waals surface area contributed by atoms with Crippen molar-refractivity contribution in [2.24, 2.45) is 0 Å². The number of hydrogen-bond acceptors (Lipinski definition) is 4. The summed E-state index contributed by atoms with van der Waals surface area (Å²) in [6.07, 6.45) is 2.02. The molecule has 0 spiro atoms. The first-order chi connectivity index (χ1) is 11.3. The third-order valence-electron chi connectivity index (χ3n) is 3.01. The average molecular weight is 356 g/mol. The topological polar surface area (TPSA) is 64.6 Å². The van der Waals surface area contributed by atoms with E-state index in [0.717, 1.165) is 18.4 Å². The summed E-state index contributed by atoms with van der Waals surface area (Å²) in [5, 5.41) is 3.33. The maximum atomic E-state index is 11.6. The van der Waals surface area contributed by atoms with Gasteiger partial charge in [-0.3, -0.25) is 4.79 Å². The zero-order chi connectivity index (χ0) is 18.0. The average Bonchev–Trinajstić information content (AvgIpc) is 2.47. The lowest BCUT2D eigenvalue weighted by molar-refractivity contribution is -0.143. The summed E-state index contributed by atoms with van der Waals surface area (Å²) in [6, 6.07) is 7.59. The zero-order valence-electron chi connectivity index (χ0n) is 14.6. The van der Waals surface area contributed by atoms with Crippen LogP contribution >= 0.6 is 11.6 Å². The minimum absolute atomic E-state index is 0.221. The number of carbonyl (C=O) groups excluding carboxylic acids is 2. The Morgan fingerprint density at radius 1 is 1.12 bits per heavy atom. The van der Waals surface area contributed by atoms with Crippen molar-refractivity contribution in [3.05, 3.63) is 34.9 Å². The van der Waals surface area contributed by atoms with Crippen molar-refractivity contribution in [2.45, 2.75) is 52.1 Å². The highest BCUT2D eigenvalue weighted by atomic mass is 35.5. The summed E-state index contributed by atoms with van der Waals surface area (Å²) in [7, 11) is 0. The van der Waals surface area contributed by atoms with Gasteiger partial charge in [-0.2, -0.15) is 0 Å². The number of halogens is 1. The van der Waals surface area contributed by atoms with Gasteiger partial charge in [0.1, 0.15) is 5.60 Å². The number of hydrogen-bond donors (Lipinski definition) is 1. The molecule has 24 heavy (non-hydrogen) atoms. The Bertz CT molecular complexity index is 523. The van der Waals surface area contributed by atoms with E-state index in [1.807, 2.05) is 24.3 Å². The third-order valence-corrected chi connectivity index (χ3v) is 3.26. The molecule has 1 aromatic rings. The normalized spacial score (nSPS) is 11.0. The van der Waals surface area contributed by atoms with Crippen molar-refractivity contribution in [1.29, 1.82) is 0 Å². The fourth-order valence-corrected chi connectivity index (χ4v) is 2.05. The van der Waals surface area contributed by atoms with E-state index >= 15 is 0 Å². The summed E-state index contributed by atoms with van der Waals surface area (Å²) in [4.78, 5) is 23.0. The molecule has 134 valence electrons. The molecule has 0 aliphatic heterocycles. The van der Waals surface area contributed by atoms with Crippen LogP contribution < -0.4 is 5.32 Å². The number of rotatable bonds is 8. The predicted molar refractivity (Wildman–Crippen MR) is 94.2 cm³/mol. The summed E-state index contributed by atoms with van der Waals surface area (Å²) in [6.45, 7) is 6.11. The largest absolute Gasteiger partial charge is 0.466 e. The molecular formula is C18H26ClNO4. The number of aryl methyl sites for hydroxylation is 1. The highest BCUT2D eigenvalue weighted by Gasteiger charge is 2.15. The first-order valence-corrected chi connectivity index (χ1v) is 8.51. The van der Waals surface area contributed by atoms with Gasteiger partial charge in [-0.25, -0.2) is 4.79 Å². The van der Waals surface area contributed by atoms with Gasteiger partial charge >= 0.3 is 12.1 Å². The summed E-state index contributed by atoms with van der Waals surface area (Å²) in [5.41, 5.74) is 0.634. The van der Waals surface area contributed by atoms with Gasteiger partial charge in [0.25, 0.3) is 0 Å². The van der Waals surface area contributed by atoms with Crippen LogP contribution in [0.15, 0.2) is 24.3 Å². The highest BCUT2D eigenvalue weighted by molar-refractivity contribution is 6.30. The number of carbonyl (C=O) groups is 2. The van der Waals surface area contributed by atoms with E-state index in [0.29, 0.717) is 24.4 Å².